The maximum Gasteiger partial charge on any atom is 0.187 e. The minimum Gasteiger partial charge on any atom is -0.311 e. The summed E-state index contributed by atoms with van der Waals surface area (Å²) in [6.07, 6.45) is 0. The van der Waals surface area contributed by atoms with Crippen molar-refractivity contribution in [2.45, 2.75) is 0 Å². The van der Waals surface area contributed by atoms with Crippen LogP contribution >= 0.6 is 0 Å². The SMILES string of the molecule is [C-]#[N+]c1ccc(N(c2ccc(-c3ccc(N(c4ccc(C#N)cc4)c4cc5ccc6cccc7c6c5c(c4)n7-c4ccccc4)cc3)cc2)c2cc3ccc4cccc5c4c3c(c2)n5-c2ccccc2)cc1. The van der Waals surface area contributed by atoms with Crippen molar-refractivity contribution in [3.63, 3.8) is 0 Å². The van der Waals surface area contributed by atoms with Crippen LogP contribution in [0.3, 0.4) is 0 Å². The molecule has 14 aromatic rings. The van der Waals surface area contributed by atoms with Gasteiger partial charge in [0.25, 0.3) is 0 Å². The van der Waals surface area contributed by atoms with Crippen LogP contribution in [0.25, 0.3) is 92.5 Å². The van der Waals surface area contributed by atoms with Gasteiger partial charge in [-0.1, -0.05) is 121 Å². The Hall–Kier alpha value is -10.1. The van der Waals surface area contributed by atoms with E-state index in [-0.39, 0.29) is 0 Å². The van der Waals surface area contributed by atoms with Gasteiger partial charge in [-0.3, -0.25) is 0 Å². The number of nitriles is 1. The van der Waals surface area contributed by atoms with Crippen LogP contribution in [-0.4, -0.2) is 9.13 Å². The molecule has 0 fully saturated rings. The Balaban J connectivity index is 0.873. The monoisotopic (exact) mass is 916 g/mol. The highest BCUT2D eigenvalue weighted by atomic mass is 15.2. The van der Waals surface area contributed by atoms with Crippen molar-refractivity contribution in [3.05, 3.63) is 260 Å². The van der Waals surface area contributed by atoms with E-state index < -0.39 is 0 Å². The first-order chi connectivity index (χ1) is 35.6. The highest BCUT2D eigenvalue weighted by Crippen LogP contribution is 2.47. The van der Waals surface area contributed by atoms with Crippen molar-refractivity contribution in [1.29, 1.82) is 5.26 Å². The predicted octanol–water partition coefficient (Wildman–Crippen LogP) is 18.1. The molecule has 0 N–H and O–H groups in total. The molecule has 0 saturated heterocycles. The van der Waals surface area contributed by atoms with Gasteiger partial charge in [0.1, 0.15) is 0 Å². The lowest BCUT2D eigenvalue weighted by Gasteiger charge is -2.27. The minimum atomic E-state index is 0.599. The highest BCUT2D eigenvalue weighted by molar-refractivity contribution is 6.26. The van der Waals surface area contributed by atoms with Crippen LogP contribution in [0.5, 0.6) is 0 Å². The zero-order valence-electron chi connectivity index (χ0n) is 38.8. The maximum atomic E-state index is 9.77. The van der Waals surface area contributed by atoms with E-state index >= 15 is 0 Å². The fraction of sp³-hybridized carbons (Fsp3) is 0. The van der Waals surface area contributed by atoms with Gasteiger partial charge in [-0.2, -0.15) is 5.26 Å². The highest BCUT2D eigenvalue weighted by Gasteiger charge is 2.23. The Bertz CT molecular complexity index is 4140. The van der Waals surface area contributed by atoms with Gasteiger partial charge in [-0.25, -0.2) is 4.85 Å². The largest absolute Gasteiger partial charge is 0.311 e. The van der Waals surface area contributed by atoms with E-state index in [9.17, 15) is 5.26 Å². The van der Waals surface area contributed by atoms with Gasteiger partial charge >= 0.3 is 0 Å². The molecule has 72 heavy (non-hydrogen) atoms. The second kappa shape index (κ2) is 16.2. The third kappa shape index (κ3) is 6.41. The van der Waals surface area contributed by atoms with Crippen LogP contribution in [0, 0.1) is 17.9 Å². The molecule has 0 radical (unpaired) electrons. The molecule has 14 rings (SSSR count). The van der Waals surface area contributed by atoms with Crippen molar-refractivity contribution in [1.82, 2.24) is 9.13 Å². The zero-order chi connectivity index (χ0) is 47.9. The van der Waals surface area contributed by atoms with Crippen molar-refractivity contribution < 1.29 is 0 Å². The van der Waals surface area contributed by atoms with Gasteiger partial charge in [0, 0.05) is 67.0 Å². The van der Waals surface area contributed by atoms with Crippen LogP contribution in [0.15, 0.2) is 243 Å². The molecule has 0 spiro atoms. The summed E-state index contributed by atoms with van der Waals surface area (Å²) in [5.74, 6) is 0. The number of para-hydroxylation sites is 2. The summed E-state index contributed by atoms with van der Waals surface area (Å²) >= 11 is 0. The molecule has 0 aliphatic rings. The van der Waals surface area contributed by atoms with E-state index in [0.29, 0.717) is 11.3 Å². The number of nitrogens with zero attached hydrogens (tertiary/aromatic N) is 6. The third-order valence-corrected chi connectivity index (χ3v) is 14.4. The van der Waals surface area contributed by atoms with E-state index in [1.54, 1.807) is 0 Å². The standard InChI is InChI=1S/C66H40N6/c1-68-50-28-36-56(37-29-50)70(58-39-49-23-21-47-11-9-17-60-64(47)66(49)62(41-58)72(60)52-14-6-3-7-15-52)55-34-26-45(27-35-55)44-24-32-54(33-25-44)69(53-30-18-43(42-67)19-31-53)57-38-48-22-20-46-10-8-16-59-63(46)65(48)61(40-57)71(59)51-12-4-2-5-13-51/h2-41H. The lowest BCUT2D eigenvalue weighted by molar-refractivity contribution is 1.18. The summed E-state index contributed by atoms with van der Waals surface area (Å²) in [7, 11) is 0. The Morgan fingerprint density at radius 2 is 0.736 bits per heavy atom. The maximum absolute atomic E-state index is 9.77. The molecule has 6 heteroatoms. The minimum absolute atomic E-state index is 0.599. The molecule has 0 atom stereocenters. The Morgan fingerprint density at radius 3 is 1.15 bits per heavy atom. The molecule has 334 valence electrons. The molecule has 12 aromatic carbocycles. The summed E-state index contributed by atoms with van der Waals surface area (Å²) in [4.78, 5) is 8.29. The molecular weight excluding hydrogens is 877 g/mol. The van der Waals surface area contributed by atoms with Gasteiger partial charge in [0.2, 0.25) is 0 Å². The van der Waals surface area contributed by atoms with Gasteiger partial charge in [0.05, 0.1) is 40.3 Å². The number of benzene rings is 12. The van der Waals surface area contributed by atoms with Crippen molar-refractivity contribution in [2.24, 2.45) is 0 Å². The number of hydrogen-bond acceptors (Lipinski definition) is 3. The van der Waals surface area contributed by atoms with Gasteiger partial charge in [0.15, 0.2) is 5.69 Å². The van der Waals surface area contributed by atoms with Gasteiger partial charge in [-0.15, -0.1) is 0 Å². The molecule has 2 heterocycles. The lowest BCUT2D eigenvalue weighted by atomic mass is 10.0. The van der Waals surface area contributed by atoms with E-state index in [1.165, 1.54) is 48.7 Å². The summed E-state index contributed by atoms with van der Waals surface area (Å²) in [6, 6.07) is 88.0. The van der Waals surface area contributed by atoms with E-state index in [0.717, 1.165) is 73.0 Å². The summed E-state index contributed by atoms with van der Waals surface area (Å²) in [5.41, 5.74) is 16.2. The fourth-order valence-corrected chi connectivity index (χ4v) is 11.2. The van der Waals surface area contributed by atoms with Gasteiger partial charge < -0.3 is 18.9 Å². The quantitative estimate of drug-likeness (QED) is 0.107. The number of hydrogen-bond donors (Lipinski definition) is 0. The first kappa shape index (κ1) is 40.9. The van der Waals surface area contributed by atoms with Crippen LogP contribution in [0.2, 0.25) is 0 Å². The molecule has 6 nitrogen and oxygen atoms in total. The van der Waals surface area contributed by atoms with Crippen LogP contribution in [0.4, 0.5) is 39.8 Å². The van der Waals surface area contributed by atoms with Crippen molar-refractivity contribution >= 4 is 105 Å². The summed E-state index contributed by atoms with van der Waals surface area (Å²) < 4.78 is 4.76. The van der Waals surface area contributed by atoms with E-state index in [2.05, 4.69) is 224 Å². The van der Waals surface area contributed by atoms with E-state index in [4.69, 9.17) is 6.57 Å². The smallest absolute Gasteiger partial charge is 0.187 e. The van der Waals surface area contributed by atoms with Crippen molar-refractivity contribution in [3.8, 4) is 28.6 Å². The lowest BCUT2D eigenvalue weighted by Crippen LogP contribution is -2.10. The molecule has 0 unspecified atom stereocenters. The Labute approximate surface area is 415 Å². The van der Waals surface area contributed by atoms with Gasteiger partial charge in [-0.05, 0) is 154 Å². The molecular formula is C66H40N6. The predicted molar refractivity (Wildman–Crippen MR) is 298 cm³/mol. The topological polar surface area (TPSA) is 44.5 Å². The second-order valence-corrected chi connectivity index (χ2v) is 18.4. The molecule has 2 aromatic heterocycles. The first-order valence-corrected chi connectivity index (χ1v) is 24.1. The normalized spacial score (nSPS) is 11.6. The van der Waals surface area contributed by atoms with Crippen LogP contribution in [-0.2, 0) is 0 Å². The molecule has 0 amide bonds. The Kier molecular flexibility index (Phi) is 9.23. The molecule has 0 saturated carbocycles. The summed E-state index contributed by atoms with van der Waals surface area (Å²) in [6.45, 7) is 7.69. The zero-order valence-corrected chi connectivity index (χ0v) is 38.8. The second-order valence-electron chi connectivity index (χ2n) is 18.4. The number of aromatic nitrogens is 2. The van der Waals surface area contributed by atoms with Crippen LogP contribution < -0.4 is 9.80 Å². The van der Waals surface area contributed by atoms with Crippen molar-refractivity contribution in [2.75, 3.05) is 9.80 Å². The average Bonchev–Trinajstić information content (AvgIpc) is 3.97. The molecule has 0 aliphatic carbocycles. The summed E-state index contributed by atoms with van der Waals surface area (Å²) in [5, 5.41) is 19.6. The first-order valence-electron chi connectivity index (χ1n) is 24.1. The molecule has 0 bridgehead atoms. The number of anilines is 6. The van der Waals surface area contributed by atoms with Crippen LogP contribution in [0.1, 0.15) is 5.56 Å². The number of rotatable bonds is 9. The third-order valence-electron chi connectivity index (χ3n) is 14.4. The fourth-order valence-electron chi connectivity index (χ4n) is 11.2. The Morgan fingerprint density at radius 1 is 0.347 bits per heavy atom. The van der Waals surface area contributed by atoms with E-state index in [1.807, 2.05) is 48.5 Å². The molecule has 0 aliphatic heterocycles. The average molecular weight is 917 g/mol.